The van der Waals surface area contributed by atoms with E-state index < -0.39 is 0 Å². The van der Waals surface area contributed by atoms with Crippen LogP contribution in [0.15, 0.2) is 61.1 Å². The third kappa shape index (κ3) is 2.68. The second kappa shape index (κ2) is 5.44. The van der Waals surface area contributed by atoms with Gasteiger partial charge in [-0.3, -0.25) is 0 Å². The Balaban J connectivity index is 1.98. The summed E-state index contributed by atoms with van der Waals surface area (Å²) in [5.74, 6) is 0. The normalized spacial score (nSPS) is 12.3. The zero-order chi connectivity index (χ0) is 14.8. The standard InChI is InChI=1S/C18H19N3/c1-13-3-5-16(6-4-13)18-11-20-12-21(18)14(2)15-7-9-17(19)10-8-15/h3-12,14H,19H2,1-2H3. The summed E-state index contributed by atoms with van der Waals surface area (Å²) in [4.78, 5) is 4.32. The molecule has 21 heavy (non-hydrogen) atoms. The van der Waals surface area contributed by atoms with Gasteiger partial charge in [-0.25, -0.2) is 4.98 Å². The third-order valence-corrected chi connectivity index (χ3v) is 3.85. The Labute approximate surface area is 125 Å². The van der Waals surface area contributed by atoms with E-state index in [9.17, 15) is 0 Å². The van der Waals surface area contributed by atoms with E-state index in [1.54, 1.807) is 0 Å². The van der Waals surface area contributed by atoms with Crippen molar-refractivity contribution in [3.8, 4) is 11.3 Å². The topological polar surface area (TPSA) is 43.8 Å². The highest BCUT2D eigenvalue weighted by Crippen LogP contribution is 2.26. The number of nitrogens with zero attached hydrogens (tertiary/aromatic N) is 2. The average Bonchev–Trinajstić information content (AvgIpc) is 2.97. The summed E-state index contributed by atoms with van der Waals surface area (Å²) < 4.78 is 2.19. The van der Waals surface area contributed by atoms with Crippen molar-refractivity contribution in [1.29, 1.82) is 0 Å². The third-order valence-electron chi connectivity index (χ3n) is 3.85. The monoisotopic (exact) mass is 277 g/mol. The molecular formula is C18H19N3. The van der Waals surface area contributed by atoms with Gasteiger partial charge in [-0.2, -0.15) is 0 Å². The maximum atomic E-state index is 5.76. The summed E-state index contributed by atoms with van der Waals surface area (Å²) in [5.41, 5.74) is 11.3. The number of imidazole rings is 1. The van der Waals surface area contributed by atoms with Gasteiger partial charge < -0.3 is 10.3 Å². The van der Waals surface area contributed by atoms with Gasteiger partial charge in [0.2, 0.25) is 0 Å². The fraction of sp³-hybridized carbons (Fsp3) is 0.167. The first-order chi connectivity index (χ1) is 10.1. The van der Waals surface area contributed by atoms with Gasteiger partial charge in [0.15, 0.2) is 0 Å². The molecule has 106 valence electrons. The van der Waals surface area contributed by atoms with Crippen LogP contribution < -0.4 is 5.73 Å². The van der Waals surface area contributed by atoms with E-state index in [0.29, 0.717) is 0 Å². The molecule has 3 nitrogen and oxygen atoms in total. The van der Waals surface area contributed by atoms with E-state index in [4.69, 9.17) is 5.73 Å². The molecule has 0 fully saturated rings. The molecule has 2 aromatic carbocycles. The number of aromatic nitrogens is 2. The second-order valence-corrected chi connectivity index (χ2v) is 5.39. The van der Waals surface area contributed by atoms with E-state index in [1.807, 2.05) is 24.7 Å². The predicted octanol–water partition coefficient (Wildman–Crippen LogP) is 4.05. The van der Waals surface area contributed by atoms with Crippen molar-refractivity contribution in [1.82, 2.24) is 9.55 Å². The maximum absolute atomic E-state index is 5.76. The van der Waals surface area contributed by atoms with Crippen LogP contribution in [0.1, 0.15) is 24.1 Å². The van der Waals surface area contributed by atoms with Crippen LogP contribution >= 0.6 is 0 Å². The molecule has 0 bridgehead atoms. The molecule has 0 aliphatic carbocycles. The molecule has 0 saturated heterocycles. The Morgan fingerprint density at radius 1 is 1.00 bits per heavy atom. The van der Waals surface area contributed by atoms with E-state index in [-0.39, 0.29) is 6.04 Å². The number of benzene rings is 2. The van der Waals surface area contributed by atoms with Gasteiger partial charge >= 0.3 is 0 Å². The van der Waals surface area contributed by atoms with Gasteiger partial charge in [0, 0.05) is 5.69 Å². The first-order valence-corrected chi connectivity index (χ1v) is 7.09. The van der Waals surface area contributed by atoms with E-state index in [2.05, 4.69) is 59.8 Å². The van der Waals surface area contributed by atoms with Crippen LogP contribution in [0.5, 0.6) is 0 Å². The highest BCUT2D eigenvalue weighted by Gasteiger charge is 2.12. The summed E-state index contributed by atoms with van der Waals surface area (Å²) >= 11 is 0. The minimum absolute atomic E-state index is 0.212. The van der Waals surface area contributed by atoms with Crippen molar-refractivity contribution in [3.63, 3.8) is 0 Å². The van der Waals surface area contributed by atoms with Gasteiger partial charge in [-0.1, -0.05) is 42.0 Å². The molecule has 1 atom stereocenters. The number of nitrogens with two attached hydrogens (primary N) is 1. The van der Waals surface area contributed by atoms with E-state index in [1.165, 1.54) is 16.7 Å². The quantitative estimate of drug-likeness (QED) is 0.734. The summed E-state index contributed by atoms with van der Waals surface area (Å²) in [7, 11) is 0. The Morgan fingerprint density at radius 2 is 1.67 bits per heavy atom. The number of hydrogen-bond acceptors (Lipinski definition) is 2. The molecule has 0 amide bonds. The zero-order valence-corrected chi connectivity index (χ0v) is 12.3. The summed E-state index contributed by atoms with van der Waals surface area (Å²) in [5, 5.41) is 0. The summed E-state index contributed by atoms with van der Waals surface area (Å²) in [6, 6.07) is 16.8. The zero-order valence-electron chi connectivity index (χ0n) is 12.3. The van der Waals surface area contributed by atoms with Crippen LogP contribution in [-0.4, -0.2) is 9.55 Å². The molecule has 3 heteroatoms. The molecule has 0 spiro atoms. The van der Waals surface area contributed by atoms with Gasteiger partial charge in [0.1, 0.15) is 0 Å². The molecule has 0 aliphatic heterocycles. The lowest BCUT2D eigenvalue weighted by molar-refractivity contribution is 0.644. The average molecular weight is 277 g/mol. The Hall–Kier alpha value is -2.55. The molecule has 1 aromatic heterocycles. The summed E-state index contributed by atoms with van der Waals surface area (Å²) in [6.07, 6.45) is 3.80. The van der Waals surface area contributed by atoms with Crippen molar-refractivity contribution in [2.24, 2.45) is 0 Å². The SMILES string of the molecule is Cc1ccc(-c2cncn2C(C)c2ccc(N)cc2)cc1. The van der Waals surface area contributed by atoms with Crippen molar-refractivity contribution in [3.05, 3.63) is 72.2 Å². The predicted molar refractivity (Wildman–Crippen MR) is 87.1 cm³/mol. The van der Waals surface area contributed by atoms with Crippen molar-refractivity contribution in [2.75, 3.05) is 5.73 Å². The molecule has 0 aliphatic rings. The van der Waals surface area contributed by atoms with Crippen LogP contribution in [0, 0.1) is 6.92 Å². The molecule has 3 rings (SSSR count). The van der Waals surface area contributed by atoms with Crippen molar-refractivity contribution < 1.29 is 0 Å². The van der Waals surface area contributed by atoms with Crippen molar-refractivity contribution in [2.45, 2.75) is 19.9 Å². The van der Waals surface area contributed by atoms with Crippen LogP contribution in [0.4, 0.5) is 5.69 Å². The first-order valence-electron chi connectivity index (χ1n) is 7.09. The van der Waals surface area contributed by atoms with Gasteiger partial charge in [-0.05, 0) is 37.1 Å². The smallest absolute Gasteiger partial charge is 0.0956 e. The van der Waals surface area contributed by atoms with E-state index in [0.717, 1.165) is 11.4 Å². The largest absolute Gasteiger partial charge is 0.399 e. The molecular weight excluding hydrogens is 258 g/mol. The number of hydrogen-bond donors (Lipinski definition) is 1. The number of nitrogen functional groups attached to an aromatic ring is 1. The van der Waals surface area contributed by atoms with Gasteiger partial charge in [0.25, 0.3) is 0 Å². The molecule has 1 heterocycles. The Morgan fingerprint density at radius 3 is 2.33 bits per heavy atom. The minimum Gasteiger partial charge on any atom is -0.399 e. The first kappa shape index (κ1) is 13.4. The fourth-order valence-electron chi connectivity index (χ4n) is 2.50. The number of aryl methyl sites for hydroxylation is 1. The summed E-state index contributed by atoms with van der Waals surface area (Å²) in [6.45, 7) is 4.27. The van der Waals surface area contributed by atoms with Gasteiger partial charge in [0.05, 0.1) is 24.3 Å². The number of anilines is 1. The highest BCUT2D eigenvalue weighted by atomic mass is 15.1. The second-order valence-electron chi connectivity index (χ2n) is 5.39. The molecule has 1 unspecified atom stereocenters. The Kier molecular flexibility index (Phi) is 3.48. The fourth-order valence-corrected chi connectivity index (χ4v) is 2.50. The molecule has 3 aromatic rings. The lowest BCUT2D eigenvalue weighted by Crippen LogP contribution is -2.07. The highest BCUT2D eigenvalue weighted by molar-refractivity contribution is 5.59. The van der Waals surface area contributed by atoms with Crippen molar-refractivity contribution >= 4 is 5.69 Å². The van der Waals surface area contributed by atoms with Gasteiger partial charge in [-0.15, -0.1) is 0 Å². The maximum Gasteiger partial charge on any atom is 0.0956 e. The molecule has 0 radical (unpaired) electrons. The Bertz CT molecular complexity index is 724. The van der Waals surface area contributed by atoms with Crippen LogP contribution in [0.3, 0.4) is 0 Å². The van der Waals surface area contributed by atoms with Crippen LogP contribution in [0.2, 0.25) is 0 Å². The van der Waals surface area contributed by atoms with Crippen LogP contribution in [0.25, 0.3) is 11.3 Å². The van der Waals surface area contributed by atoms with E-state index >= 15 is 0 Å². The van der Waals surface area contributed by atoms with Crippen LogP contribution in [-0.2, 0) is 0 Å². The molecule has 0 saturated carbocycles. The number of rotatable bonds is 3. The lowest BCUT2D eigenvalue weighted by Gasteiger charge is -2.17. The minimum atomic E-state index is 0.212. The molecule has 2 N–H and O–H groups in total. The lowest BCUT2D eigenvalue weighted by atomic mass is 10.1.